The maximum atomic E-state index is 9.99. The Bertz CT molecular complexity index is 539. The molecule has 0 aliphatic carbocycles. The van der Waals surface area contributed by atoms with Gasteiger partial charge in [0.25, 0.3) is 0 Å². The lowest BCUT2D eigenvalue weighted by Crippen LogP contribution is -2.17. The molecule has 2 unspecified atom stereocenters. The zero-order valence-electron chi connectivity index (χ0n) is 11.0. The third-order valence-corrected chi connectivity index (χ3v) is 3.60. The van der Waals surface area contributed by atoms with Crippen LogP contribution in [0.25, 0.3) is 0 Å². The van der Waals surface area contributed by atoms with Gasteiger partial charge < -0.3 is 10.0 Å². The third kappa shape index (κ3) is 2.67. The van der Waals surface area contributed by atoms with Crippen LogP contribution in [-0.2, 0) is 6.54 Å². The molecule has 2 atom stereocenters. The van der Waals surface area contributed by atoms with Crippen molar-refractivity contribution < 1.29 is 5.11 Å². The van der Waals surface area contributed by atoms with Crippen molar-refractivity contribution in [1.29, 1.82) is 0 Å². The highest BCUT2D eigenvalue weighted by Crippen LogP contribution is 2.24. The minimum Gasteiger partial charge on any atom is -0.391 e. The van der Waals surface area contributed by atoms with Crippen LogP contribution in [0.4, 0.5) is 0 Å². The second kappa shape index (κ2) is 5.11. The van der Waals surface area contributed by atoms with Gasteiger partial charge in [0, 0.05) is 25.2 Å². The van der Waals surface area contributed by atoms with Crippen molar-refractivity contribution in [3.8, 4) is 0 Å². The van der Waals surface area contributed by atoms with Gasteiger partial charge in [-0.2, -0.15) is 0 Å². The van der Waals surface area contributed by atoms with Crippen molar-refractivity contribution >= 4 is 0 Å². The molecule has 1 aliphatic heterocycles. The van der Waals surface area contributed by atoms with Crippen LogP contribution >= 0.6 is 0 Å². The van der Waals surface area contributed by atoms with E-state index in [0.717, 1.165) is 12.2 Å². The highest BCUT2D eigenvalue weighted by Gasteiger charge is 2.32. The molecule has 0 amide bonds. The molecule has 5 nitrogen and oxygen atoms in total. The quantitative estimate of drug-likeness (QED) is 0.881. The fourth-order valence-corrected chi connectivity index (χ4v) is 2.60. The Balaban J connectivity index is 1.73. The van der Waals surface area contributed by atoms with Gasteiger partial charge >= 0.3 is 0 Å². The van der Waals surface area contributed by atoms with Crippen molar-refractivity contribution in [2.24, 2.45) is 0 Å². The molecule has 2 heterocycles. The summed E-state index contributed by atoms with van der Waals surface area (Å²) in [6.45, 7) is 2.26. The number of aliphatic hydroxyl groups is 1. The molecule has 1 saturated heterocycles. The standard InChI is InChI=1S/C14H18N4O/c1-17-8-12(14(19)10-17)13-9-18(16-15-13)7-11-5-3-2-4-6-11/h2-6,9,12,14,19H,7-8,10H2,1H3. The molecule has 3 rings (SSSR count). The molecule has 1 aromatic heterocycles. The van der Waals surface area contributed by atoms with Gasteiger partial charge in [0.1, 0.15) is 0 Å². The molecule has 1 aliphatic rings. The predicted octanol–water partition coefficient (Wildman–Crippen LogP) is 0.716. The monoisotopic (exact) mass is 258 g/mol. The maximum absolute atomic E-state index is 9.99. The Kier molecular flexibility index (Phi) is 3.31. The van der Waals surface area contributed by atoms with Crippen LogP contribution in [0.2, 0.25) is 0 Å². The summed E-state index contributed by atoms with van der Waals surface area (Å²) in [5.74, 6) is 0.0783. The van der Waals surface area contributed by atoms with Crippen LogP contribution in [-0.4, -0.2) is 51.2 Å². The summed E-state index contributed by atoms with van der Waals surface area (Å²) in [5, 5.41) is 18.4. The lowest BCUT2D eigenvalue weighted by molar-refractivity contribution is 0.167. The van der Waals surface area contributed by atoms with E-state index in [9.17, 15) is 5.11 Å². The first-order valence-electron chi connectivity index (χ1n) is 6.53. The van der Waals surface area contributed by atoms with E-state index in [1.807, 2.05) is 36.1 Å². The molecule has 2 aromatic rings. The van der Waals surface area contributed by atoms with Gasteiger partial charge in [-0.05, 0) is 12.6 Å². The number of β-amino-alcohol motifs (C(OH)–C–C–N with tert-alkyl or cyclic N) is 1. The van der Waals surface area contributed by atoms with Crippen LogP contribution in [0.5, 0.6) is 0 Å². The summed E-state index contributed by atoms with van der Waals surface area (Å²) >= 11 is 0. The number of likely N-dealkylation sites (tertiary alicyclic amines) is 1. The van der Waals surface area contributed by atoms with Crippen molar-refractivity contribution in [2.45, 2.75) is 18.6 Å². The zero-order chi connectivity index (χ0) is 13.2. The van der Waals surface area contributed by atoms with E-state index >= 15 is 0 Å². The number of nitrogens with zero attached hydrogens (tertiary/aromatic N) is 4. The van der Waals surface area contributed by atoms with Gasteiger partial charge in [0.05, 0.1) is 18.3 Å². The maximum Gasteiger partial charge on any atom is 0.0897 e. The van der Waals surface area contributed by atoms with Crippen LogP contribution in [0.15, 0.2) is 36.5 Å². The largest absolute Gasteiger partial charge is 0.391 e. The van der Waals surface area contributed by atoms with Gasteiger partial charge in [-0.15, -0.1) is 5.10 Å². The number of hydrogen-bond donors (Lipinski definition) is 1. The Morgan fingerprint density at radius 1 is 1.26 bits per heavy atom. The van der Waals surface area contributed by atoms with Gasteiger partial charge in [-0.25, -0.2) is 4.68 Å². The Hall–Kier alpha value is -1.72. The minimum absolute atomic E-state index is 0.0783. The van der Waals surface area contributed by atoms with E-state index in [2.05, 4.69) is 27.3 Å². The zero-order valence-corrected chi connectivity index (χ0v) is 11.0. The second-order valence-electron chi connectivity index (χ2n) is 5.22. The van der Waals surface area contributed by atoms with E-state index in [-0.39, 0.29) is 12.0 Å². The molecule has 0 bridgehead atoms. The van der Waals surface area contributed by atoms with Gasteiger partial charge in [0.2, 0.25) is 0 Å². The topological polar surface area (TPSA) is 54.2 Å². The van der Waals surface area contributed by atoms with Crippen LogP contribution < -0.4 is 0 Å². The first-order chi connectivity index (χ1) is 9.22. The fourth-order valence-electron chi connectivity index (χ4n) is 2.60. The lowest BCUT2D eigenvalue weighted by Gasteiger charge is -2.08. The molecular weight excluding hydrogens is 240 g/mol. The van der Waals surface area contributed by atoms with Crippen molar-refractivity contribution in [1.82, 2.24) is 19.9 Å². The average Bonchev–Trinajstić information content (AvgIpc) is 2.97. The van der Waals surface area contributed by atoms with Gasteiger partial charge in [0.15, 0.2) is 0 Å². The van der Waals surface area contributed by atoms with E-state index in [1.54, 1.807) is 0 Å². The smallest absolute Gasteiger partial charge is 0.0897 e. The molecule has 0 saturated carbocycles. The first kappa shape index (κ1) is 12.3. The highest BCUT2D eigenvalue weighted by molar-refractivity contribution is 5.16. The molecule has 1 fully saturated rings. The number of likely N-dealkylation sites (N-methyl/N-ethyl adjacent to an activating group) is 1. The fraction of sp³-hybridized carbons (Fsp3) is 0.429. The van der Waals surface area contributed by atoms with E-state index in [0.29, 0.717) is 13.1 Å². The molecular formula is C14H18N4O. The molecule has 0 spiro atoms. The van der Waals surface area contributed by atoms with Crippen LogP contribution in [0.3, 0.4) is 0 Å². The summed E-state index contributed by atoms with van der Waals surface area (Å²) < 4.78 is 1.83. The number of aliphatic hydroxyl groups excluding tert-OH is 1. The normalized spacial score (nSPS) is 23.9. The summed E-state index contributed by atoms with van der Waals surface area (Å²) in [4.78, 5) is 2.12. The Morgan fingerprint density at radius 3 is 2.74 bits per heavy atom. The Labute approximate surface area is 112 Å². The van der Waals surface area contributed by atoms with Gasteiger partial charge in [-0.3, -0.25) is 0 Å². The SMILES string of the molecule is CN1CC(O)C(c2cn(Cc3ccccc3)nn2)C1. The molecule has 19 heavy (non-hydrogen) atoms. The van der Waals surface area contributed by atoms with Gasteiger partial charge in [-0.1, -0.05) is 35.5 Å². The predicted molar refractivity (Wildman–Crippen MR) is 71.8 cm³/mol. The number of rotatable bonds is 3. The molecule has 1 aromatic carbocycles. The lowest BCUT2D eigenvalue weighted by atomic mass is 10.0. The summed E-state index contributed by atoms with van der Waals surface area (Å²) in [6, 6.07) is 10.2. The molecule has 5 heteroatoms. The van der Waals surface area contributed by atoms with E-state index in [1.165, 1.54) is 5.56 Å². The van der Waals surface area contributed by atoms with E-state index in [4.69, 9.17) is 0 Å². The second-order valence-corrected chi connectivity index (χ2v) is 5.22. The number of benzene rings is 1. The molecule has 0 radical (unpaired) electrons. The summed E-state index contributed by atoms with van der Waals surface area (Å²) in [7, 11) is 2.01. The number of hydrogen-bond acceptors (Lipinski definition) is 4. The average molecular weight is 258 g/mol. The molecule has 1 N–H and O–H groups in total. The highest BCUT2D eigenvalue weighted by atomic mass is 16.3. The van der Waals surface area contributed by atoms with Crippen LogP contribution in [0.1, 0.15) is 17.2 Å². The van der Waals surface area contributed by atoms with E-state index < -0.39 is 0 Å². The van der Waals surface area contributed by atoms with Crippen molar-refractivity contribution in [3.63, 3.8) is 0 Å². The Morgan fingerprint density at radius 2 is 2.05 bits per heavy atom. The summed E-state index contributed by atoms with van der Waals surface area (Å²) in [6.07, 6.45) is 1.60. The molecule has 100 valence electrons. The third-order valence-electron chi connectivity index (χ3n) is 3.60. The number of aromatic nitrogens is 3. The first-order valence-corrected chi connectivity index (χ1v) is 6.53. The minimum atomic E-state index is -0.341. The summed E-state index contributed by atoms with van der Waals surface area (Å²) in [5.41, 5.74) is 2.08. The van der Waals surface area contributed by atoms with Crippen LogP contribution in [0, 0.1) is 0 Å². The van der Waals surface area contributed by atoms with Crippen molar-refractivity contribution in [2.75, 3.05) is 20.1 Å². The van der Waals surface area contributed by atoms with Crippen molar-refractivity contribution in [3.05, 3.63) is 47.8 Å².